The fraction of sp³-hybridized carbons (Fsp3) is 0.250. The summed E-state index contributed by atoms with van der Waals surface area (Å²) in [6.07, 6.45) is 2.38. The van der Waals surface area contributed by atoms with Crippen LogP contribution in [0, 0.1) is 0 Å². The minimum Gasteiger partial charge on any atom is -0.332 e. The number of rotatable bonds is 5. The summed E-state index contributed by atoms with van der Waals surface area (Å²) >= 11 is 3.49. The molecule has 0 N–H and O–H groups in total. The van der Waals surface area contributed by atoms with Crippen molar-refractivity contribution in [1.82, 2.24) is 4.90 Å². The van der Waals surface area contributed by atoms with Gasteiger partial charge in [0.05, 0.1) is 12.5 Å². The Balaban J connectivity index is 1.46. The number of ketones is 1. The zero-order valence-corrected chi connectivity index (χ0v) is 17.2. The summed E-state index contributed by atoms with van der Waals surface area (Å²) < 4.78 is 1.04. The lowest BCUT2D eigenvalue weighted by Gasteiger charge is -2.24. The van der Waals surface area contributed by atoms with Gasteiger partial charge >= 0.3 is 0 Å². The van der Waals surface area contributed by atoms with Crippen LogP contribution in [0.3, 0.4) is 0 Å². The molecule has 0 radical (unpaired) electrons. The average molecular weight is 436 g/mol. The van der Waals surface area contributed by atoms with Gasteiger partial charge in [-0.05, 0) is 46.9 Å². The SMILES string of the molecule is O=C(Cc1ccc2cc(Br)ccc2c1)[C@@H]1CCCN1C(=O)Cc1ccccc1. The highest BCUT2D eigenvalue weighted by molar-refractivity contribution is 9.10. The van der Waals surface area contributed by atoms with Gasteiger partial charge in [-0.15, -0.1) is 0 Å². The molecule has 0 aliphatic carbocycles. The van der Waals surface area contributed by atoms with Crippen LogP contribution in [0.1, 0.15) is 24.0 Å². The van der Waals surface area contributed by atoms with E-state index in [1.54, 1.807) is 4.90 Å². The van der Waals surface area contributed by atoms with Crippen molar-refractivity contribution >= 4 is 38.4 Å². The molecule has 1 fully saturated rings. The van der Waals surface area contributed by atoms with Gasteiger partial charge in [0.1, 0.15) is 0 Å². The van der Waals surface area contributed by atoms with Crippen LogP contribution in [-0.2, 0) is 22.4 Å². The zero-order chi connectivity index (χ0) is 19.5. The second kappa shape index (κ2) is 8.27. The van der Waals surface area contributed by atoms with E-state index in [4.69, 9.17) is 0 Å². The summed E-state index contributed by atoms with van der Waals surface area (Å²) in [5.41, 5.74) is 1.99. The van der Waals surface area contributed by atoms with E-state index in [-0.39, 0.29) is 17.7 Å². The summed E-state index contributed by atoms with van der Waals surface area (Å²) in [7, 11) is 0. The Hall–Kier alpha value is -2.46. The van der Waals surface area contributed by atoms with Gasteiger partial charge in [-0.2, -0.15) is 0 Å². The highest BCUT2D eigenvalue weighted by atomic mass is 79.9. The molecule has 3 aromatic rings. The molecule has 1 amide bonds. The fourth-order valence-electron chi connectivity index (χ4n) is 3.97. The van der Waals surface area contributed by atoms with E-state index in [1.807, 2.05) is 42.5 Å². The first-order valence-electron chi connectivity index (χ1n) is 9.64. The van der Waals surface area contributed by atoms with Gasteiger partial charge in [0, 0.05) is 17.4 Å². The van der Waals surface area contributed by atoms with Gasteiger partial charge in [0.2, 0.25) is 5.91 Å². The molecule has 4 rings (SSSR count). The molecule has 1 aliphatic heterocycles. The molecule has 0 spiro atoms. The smallest absolute Gasteiger partial charge is 0.227 e. The Morgan fingerprint density at radius 1 is 0.893 bits per heavy atom. The topological polar surface area (TPSA) is 37.4 Å². The molecule has 3 nitrogen and oxygen atoms in total. The fourth-order valence-corrected chi connectivity index (χ4v) is 4.35. The van der Waals surface area contributed by atoms with E-state index in [0.717, 1.165) is 39.2 Å². The predicted octanol–water partition coefficient (Wildman–Crippen LogP) is 4.95. The van der Waals surface area contributed by atoms with E-state index < -0.39 is 0 Å². The van der Waals surface area contributed by atoms with Crippen LogP contribution in [0.5, 0.6) is 0 Å². The van der Waals surface area contributed by atoms with E-state index >= 15 is 0 Å². The number of hydrogen-bond acceptors (Lipinski definition) is 2. The summed E-state index contributed by atoms with van der Waals surface area (Å²) in [6, 6.07) is 21.7. The predicted molar refractivity (Wildman–Crippen MR) is 115 cm³/mol. The second-order valence-electron chi connectivity index (χ2n) is 7.38. The van der Waals surface area contributed by atoms with Crippen molar-refractivity contribution in [3.05, 3.63) is 82.3 Å². The molecule has 0 unspecified atom stereocenters. The summed E-state index contributed by atoms with van der Waals surface area (Å²) in [5, 5.41) is 2.27. The van der Waals surface area contributed by atoms with Crippen LogP contribution >= 0.6 is 15.9 Å². The number of likely N-dealkylation sites (tertiary alicyclic amines) is 1. The molecule has 4 heteroatoms. The highest BCUT2D eigenvalue weighted by Crippen LogP contribution is 2.24. The lowest BCUT2D eigenvalue weighted by Crippen LogP contribution is -2.41. The molecule has 1 atom stereocenters. The van der Waals surface area contributed by atoms with Crippen molar-refractivity contribution in [3.8, 4) is 0 Å². The second-order valence-corrected chi connectivity index (χ2v) is 8.29. The maximum atomic E-state index is 13.0. The lowest BCUT2D eigenvalue weighted by atomic mass is 9.99. The van der Waals surface area contributed by atoms with Crippen molar-refractivity contribution in [2.75, 3.05) is 6.54 Å². The number of halogens is 1. The molecule has 3 aromatic carbocycles. The van der Waals surface area contributed by atoms with Gasteiger partial charge in [0.15, 0.2) is 5.78 Å². The van der Waals surface area contributed by atoms with Crippen molar-refractivity contribution in [3.63, 3.8) is 0 Å². The first kappa shape index (κ1) is 18.9. The largest absolute Gasteiger partial charge is 0.332 e. The third-order valence-electron chi connectivity index (χ3n) is 5.39. The van der Waals surface area contributed by atoms with Crippen molar-refractivity contribution in [2.24, 2.45) is 0 Å². The lowest BCUT2D eigenvalue weighted by molar-refractivity contribution is -0.136. The van der Waals surface area contributed by atoms with E-state index in [0.29, 0.717) is 19.4 Å². The van der Waals surface area contributed by atoms with Crippen LogP contribution in [0.4, 0.5) is 0 Å². The van der Waals surface area contributed by atoms with Crippen LogP contribution in [0.25, 0.3) is 10.8 Å². The Labute approximate surface area is 173 Å². The first-order chi connectivity index (χ1) is 13.6. The van der Waals surface area contributed by atoms with Crippen molar-refractivity contribution < 1.29 is 9.59 Å². The van der Waals surface area contributed by atoms with Crippen molar-refractivity contribution in [2.45, 2.75) is 31.7 Å². The van der Waals surface area contributed by atoms with E-state index in [1.165, 1.54) is 0 Å². The number of nitrogens with zero attached hydrogens (tertiary/aromatic N) is 1. The van der Waals surface area contributed by atoms with Crippen LogP contribution < -0.4 is 0 Å². The molecule has 28 heavy (non-hydrogen) atoms. The zero-order valence-electron chi connectivity index (χ0n) is 15.6. The number of amides is 1. The molecule has 0 aromatic heterocycles. The molecule has 1 heterocycles. The number of Topliss-reactive ketones (excluding diaryl/α,β-unsaturated/α-hetero) is 1. The minimum atomic E-state index is -0.295. The number of carbonyl (C=O) groups excluding carboxylic acids is 2. The third kappa shape index (κ3) is 4.17. The van der Waals surface area contributed by atoms with Gasteiger partial charge in [-0.1, -0.05) is 70.5 Å². The standard InChI is InChI=1S/C24H22BrNO2/c25-21-11-10-19-13-18(8-9-20(19)16-21)14-23(27)22-7-4-12-26(22)24(28)15-17-5-2-1-3-6-17/h1-3,5-6,8-11,13,16,22H,4,7,12,14-15H2/t22-/m0/s1. The molecule has 0 bridgehead atoms. The summed E-state index contributed by atoms with van der Waals surface area (Å²) in [4.78, 5) is 27.5. The number of benzene rings is 3. The maximum Gasteiger partial charge on any atom is 0.227 e. The Kier molecular flexibility index (Phi) is 5.58. The Morgan fingerprint density at radius 2 is 1.64 bits per heavy atom. The number of carbonyl (C=O) groups is 2. The minimum absolute atomic E-state index is 0.0467. The molecule has 142 valence electrons. The molecule has 0 saturated carbocycles. The van der Waals surface area contributed by atoms with Gasteiger partial charge < -0.3 is 4.90 Å². The van der Waals surface area contributed by atoms with E-state index in [2.05, 4.69) is 40.2 Å². The van der Waals surface area contributed by atoms with Gasteiger partial charge in [0.25, 0.3) is 0 Å². The van der Waals surface area contributed by atoms with Crippen molar-refractivity contribution in [1.29, 1.82) is 0 Å². The van der Waals surface area contributed by atoms with Gasteiger partial charge in [-0.25, -0.2) is 0 Å². The highest BCUT2D eigenvalue weighted by Gasteiger charge is 2.33. The third-order valence-corrected chi connectivity index (χ3v) is 5.88. The molecule has 1 saturated heterocycles. The first-order valence-corrected chi connectivity index (χ1v) is 10.4. The monoisotopic (exact) mass is 435 g/mol. The van der Waals surface area contributed by atoms with Crippen LogP contribution in [0.15, 0.2) is 71.2 Å². The molecular weight excluding hydrogens is 414 g/mol. The molecular formula is C24H22BrNO2. The number of fused-ring (bicyclic) bond motifs is 1. The Morgan fingerprint density at radius 3 is 2.46 bits per heavy atom. The summed E-state index contributed by atoms with van der Waals surface area (Å²) in [5.74, 6) is 0.181. The molecule has 1 aliphatic rings. The van der Waals surface area contributed by atoms with Crippen LogP contribution in [0.2, 0.25) is 0 Å². The average Bonchev–Trinajstić information content (AvgIpc) is 3.19. The number of hydrogen-bond donors (Lipinski definition) is 0. The Bertz CT molecular complexity index is 1020. The summed E-state index contributed by atoms with van der Waals surface area (Å²) in [6.45, 7) is 0.674. The van der Waals surface area contributed by atoms with Crippen LogP contribution in [-0.4, -0.2) is 29.2 Å². The normalized spacial score (nSPS) is 16.5. The maximum absolute atomic E-state index is 13.0. The van der Waals surface area contributed by atoms with Gasteiger partial charge in [-0.3, -0.25) is 9.59 Å². The van der Waals surface area contributed by atoms with E-state index in [9.17, 15) is 9.59 Å². The quantitative estimate of drug-likeness (QED) is 0.568.